The van der Waals surface area contributed by atoms with Crippen molar-refractivity contribution in [2.45, 2.75) is 51.9 Å². The van der Waals surface area contributed by atoms with E-state index >= 15 is 0 Å². The Morgan fingerprint density at radius 1 is 0.773 bits per heavy atom. The summed E-state index contributed by atoms with van der Waals surface area (Å²) in [6.07, 6.45) is 5.29. The molecule has 3 rings (SSSR count). The molecule has 0 nitrogen and oxygen atoms in total. The lowest BCUT2D eigenvalue weighted by Gasteiger charge is -2.51. The van der Waals surface area contributed by atoms with Crippen molar-refractivity contribution in [3.63, 3.8) is 0 Å². The summed E-state index contributed by atoms with van der Waals surface area (Å²) in [4.78, 5) is 0. The molecule has 2 aromatic rings. The van der Waals surface area contributed by atoms with E-state index in [1.165, 1.54) is 36.8 Å². The van der Waals surface area contributed by atoms with E-state index in [0.717, 1.165) is 0 Å². The molecule has 0 bridgehead atoms. The van der Waals surface area contributed by atoms with Gasteiger partial charge in [0.05, 0.1) is 0 Å². The Balaban J connectivity index is 2.22. The van der Waals surface area contributed by atoms with Gasteiger partial charge in [0, 0.05) is 5.41 Å². The van der Waals surface area contributed by atoms with E-state index < -0.39 is 0 Å². The standard InChI is InChI=1S/C22H28/c1-21(2,3)20-16-10-11-17-22(20,18-12-6-4-7-13-18)19-14-8-5-9-15-19/h4-9,12-15,20H,10-11,16-17H2,1-3H3. The minimum Gasteiger partial charge on any atom is -0.0622 e. The summed E-state index contributed by atoms with van der Waals surface area (Å²) in [6, 6.07) is 22.5. The Morgan fingerprint density at radius 2 is 1.27 bits per heavy atom. The first kappa shape index (κ1) is 15.3. The van der Waals surface area contributed by atoms with Gasteiger partial charge in [0.25, 0.3) is 0 Å². The minimum absolute atomic E-state index is 0.166. The Hall–Kier alpha value is -1.56. The van der Waals surface area contributed by atoms with Crippen LogP contribution in [0.5, 0.6) is 0 Å². The third-order valence-electron chi connectivity index (χ3n) is 5.53. The average molecular weight is 292 g/mol. The molecule has 1 fully saturated rings. The fourth-order valence-electron chi connectivity index (χ4n) is 4.67. The highest BCUT2D eigenvalue weighted by atomic mass is 14.5. The fraction of sp³-hybridized carbons (Fsp3) is 0.455. The normalized spacial score (nSPS) is 21.5. The summed E-state index contributed by atoms with van der Waals surface area (Å²) in [5, 5.41) is 0. The SMILES string of the molecule is CC(C)(C)C1CCCCC1(c1ccccc1)c1ccccc1. The predicted molar refractivity (Wildman–Crippen MR) is 95.1 cm³/mol. The second-order valence-electron chi connectivity index (χ2n) is 7.87. The molecule has 0 amide bonds. The van der Waals surface area contributed by atoms with Crippen LogP contribution in [0.4, 0.5) is 0 Å². The Morgan fingerprint density at radius 3 is 1.73 bits per heavy atom. The van der Waals surface area contributed by atoms with E-state index in [0.29, 0.717) is 11.3 Å². The summed E-state index contributed by atoms with van der Waals surface area (Å²) in [5.41, 5.74) is 3.48. The van der Waals surface area contributed by atoms with Crippen LogP contribution in [0.15, 0.2) is 60.7 Å². The average Bonchev–Trinajstić information content (AvgIpc) is 2.55. The summed E-state index contributed by atoms with van der Waals surface area (Å²) in [7, 11) is 0. The van der Waals surface area contributed by atoms with E-state index in [1.54, 1.807) is 0 Å². The smallest absolute Gasteiger partial charge is 0.0236 e. The molecule has 0 aliphatic heterocycles. The number of benzene rings is 2. The summed E-state index contributed by atoms with van der Waals surface area (Å²) >= 11 is 0. The molecule has 0 spiro atoms. The first-order valence-electron chi connectivity index (χ1n) is 8.66. The third kappa shape index (κ3) is 2.60. The maximum atomic E-state index is 2.42. The quantitative estimate of drug-likeness (QED) is 0.617. The van der Waals surface area contributed by atoms with Gasteiger partial charge in [-0.3, -0.25) is 0 Å². The van der Waals surface area contributed by atoms with Crippen LogP contribution in [0, 0.1) is 11.3 Å². The molecule has 1 aliphatic rings. The van der Waals surface area contributed by atoms with Crippen LogP contribution in [-0.2, 0) is 5.41 Å². The van der Waals surface area contributed by atoms with Gasteiger partial charge in [-0.1, -0.05) is 94.3 Å². The van der Waals surface area contributed by atoms with Crippen molar-refractivity contribution in [2.75, 3.05) is 0 Å². The molecular weight excluding hydrogens is 264 g/mol. The highest BCUT2D eigenvalue weighted by molar-refractivity contribution is 5.41. The number of hydrogen-bond acceptors (Lipinski definition) is 0. The van der Waals surface area contributed by atoms with Crippen molar-refractivity contribution < 1.29 is 0 Å². The largest absolute Gasteiger partial charge is 0.0622 e. The van der Waals surface area contributed by atoms with Crippen LogP contribution in [0.2, 0.25) is 0 Å². The predicted octanol–water partition coefficient (Wildman–Crippen LogP) is 6.21. The highest BCUT2D eigenvalue weighted by Gasteiger charge is 2.47. The highest BCUT2D eigenvalue weighted by Crippen LogP contribution is 2.54. The van der Waals surface area contributed by atoms with Crippen molar-refractivity contribution in [3.8, 4) is 0 Å². The lowest BCUT2D eigenvalue weighted by molar-refractivity contribution is 0.100. The van der Waals surface area contributed by atoms with Crippen molar-refractivity contribution in [1.82, 2.24) is 0 Å². The molecule has 2 aromatic carbocycles. The fourth-order valence-corrected chi connectivity index (χ4v) is 4.67. The van der Waals surface area contributed by atoms with Crippen molar-refractivity contribution in [2.24, 2.45) is 11.3 Å². The molecule has 0 heterocycles. The molecule has 1 aliphatic carbocycles. The topological polar surface area (TPSA) is 0 Å². The Labute approximate surface area is 135 Å². The Kier molecular flexibility index (Phi) is 4.12. The van der Waals surface area contributed by atoms with Gasteiger partial charge in [0.1, 0.15) is 0 Å². The molecule has 0 aromatic heterocycles. The molecule has 116 valence electrons. The molecule has 0 heteroatoms. The van der Waals surface area contributed by atoms with E-state index in [-0.39, 0.29) is 5.41 Å². The van der Waals surface area contributed by atoms with Gasteiger partial charge in [-0.25, -0.2) is 0 Å². The zero-order chi connectivity index (χ0) is 15.6. The lowest BCUT2D eigenvalue weighted by Crippen LogP contribution is -2.45. The third-order valence-corrected chi connectivity index (χ3v) is 5.53. The van der Waals surface area contributed by atoms with Crippen molar-refractivity contribution in [3.05, 3.63) is 71.8 Å². The van der Waals surface area contributed by atoms with Gasteiger partial charge in [-0.15, -0.1) is 0 Å². The first-order chi connectivity index (χ1) is 10.5. The molecule has 0 saturated heterocycles. The second kappa shape index (κ2) is 5.91. The number of hydrogen-bond donors (Lipinski definition) is 0. The van der Waals surface area contributed by atoms with E-state index in [4.69, 9.17) is 0 Å². The molecule has 1 unspecified atom stereocenters. The van der Waals surface area contributed by atoms with Crippen LogP contribution in [0.25, 0.3) is 0 Å². The monoisotopic (exact) mass is 292 g/mol. The van der Waals surface area contributed by atoms with Crippen LogP contribution in [-0.4, -0.2) is 0 Å². The summed E-state index contributed by atoms with van der Waals surface area (Å²) in [6.45, 7) is 7.26. The van der Waals surface area contributed by atoms with Crippen molar-refractivity contribution >= 4 is 0 Å². The van der Waals surface area contributed by atoms with Crippen LogP contribution in [0.1, 0.15) is 57.6 Å². The Bertz CT molecular complexity index is 549. The van der Waals surface area contributed by atoms with Crippen LogP contribution >= 0.6 is 0 Å². The maximum absolute atomic E-state index is 2.42. The van der Waals surface area contributed by atoms with Crippen molar-refractivity contribution in [1.29, 1.82) is 0 Å². The van der Waals surface area contributed by atoms with Crippen LogP contribution in [0.3, 0.4) is 0 Å². The zero-order valence-corrected chi connectivity index (χ0v) is 14.2. The van der Waals surface area contributed by atoms with Gasteiger partial charge in [0.15, 0.2) is 0 Å². The molecule has 22 heavy (non-hydrogen) atoms. The molecule has 0 radical (unpaired) electrons. The van der Waals surface area contributed by atoms with Gasteiger partial charge in [-0.05, 0) is 35.3 Å². The van der Waals surface area contributed by atoms with E-state index in [9.17, 15) is 0 Å². The van der Waals surface area contributed by atoms with Gasteiger partial charge < -0.3 is 0 Å². The van der Waals surface area contributed by atoms with Gasteiger partial charge >= 0.3 is 0 Å². The summed E-state index contributed by atoms with van der Waals surface area (Å²) in [5.74, 6) is 0.679. The lowest BCUT2D eigenvalue weighted by atomic mass is 9.53. The first-order valence-corrected chi connectivity index (χ1v) is 8.66. The maximum Gasteiger partial charge on any atom is 0.0236 e. The second-order valence-corrected chi connectivity index (χ2v) is 7.87. The van der Waals surface area contributed by atoms with E-state index in [1.807, 2.05) is 0 Å². The molecule has 1 saturated carbocycles. The van der Waals surface area contributed by atoms with E-state index in [2.05, 4.69) is 81.4 Å². The molecule has 0 N–H and O–H groups in total. The zero-order valence-electron chi connectivity index (χ0n) is 14.2. The molecule has 1 atom stereocenters. The number of rotatable bonds is 2. The van der Waals surface area contributed by atoms with Gasteiger partial charge in [-0.2, -0.15) is 0 Å². The molecular formula is C22H28. The van der Waals surface area contributed by atoms with Gasteiger partial charge in [0.2, 0.25) is 0 Å². The summed E-state index contributed by atoms with van der Waals surface area (Å²) < 4.78 is 0. The minimum atomic E-state index is 0.166. The van der Waals surface area contributed by atoms with Crippen LogP contribution < -0.4 is 0 Å².